The predicted octanol–water partition coefficient (Wildman–Crippen LogP) is 3.17. The molecule has 186 valence electrons. The topological polar surface area (TPSA) is 88.0 Å². The number of hydrogen-bond donors (Lipinski definition) is 1. The minimum atomic E-state index is -5.08. The number of aromatic nitrogens is 2. The molecule has 3 heterocycles. The van der Waals surface area contributed by atoms with Crippen molar-refractivity contribution in [2.24, 2.45) is 0 Å². The van der Waals surface area contributed by atoms with Gasteiger partial charge in [-0.05, 0) is 37.6 Å². The van der Waals surface area contributed by atoms with Crippen molar-refractivity contribution >= 4 is 11.9 Å². The van der Waals surface area contributed by atoms with Crippen LogP contribution in [0.1, 0.15) is 28.9 Å². The third-order valence-electron chi connectivity index (χ3n) is 5.94. The molecule has 34 heavy (non-hydrogen) atoms. The van der Waals surface area contributed by atoms with Crippen molar-refractivity contribution in [1.29, 1.82) is 0 Å². The Labute approximate surface area is 196 Å². The molecule has 1 N–H and O–H groups in total. The van der Waals surface area contributed by atoms with Gasteiger partial charge in [-0.25, -0.2) is 14.8 Å². The molecule has 2 aromatic rings. The molecule has 2 aliphatic heterocycles. The number of carboxylic acid groups (broad SMARTS) is 1. The van der Waals surface area contributed by atoms with Crippen LogP contribution >= 0.6 is 0 Å². The van der Waals surface area contributed by atoms with E-state index in [-0.39, 0.29) is 5.41 Å². The number of methoxy groups -OCH3 is 1. The second kappa shape index (κ2) is 10.1. The summed E-state index contributed by atoms with van der Waals surface area (Å²) < 4.78 is 43.1. The number of likely N-dealkylation sites (tertiary alicyclic amines) is 1. The average Bonchev–Trinajstić information content (AvgIpc) is 3.17. The van der Waals surface area contributed by atoms with Gasteiger partial charge in [0, 0.05) is 38.4 Å². The maximum absolute atomic E-state index is 10.6. The third-order valence-corrected chi connectivity index (χ3v) is 5.94. The van der Waals surface area contributed by atoms with Crippen LogP contribution in [0.5, 0.6) is 5.75 Å². The Kier molecular flexibility index (Phi) is 7.67. The van der Waals surface area contributed by atoms with Gasteiger partial charge in [0.15, 0.2) is 0 Å². The minimum absolute atomic E-state index is 0.0368. The van der Waals surface area contributed by atoms with Crippen molar-refractivity contribution in [2.45, 2.75) is 38.1 Å². The maximum atomic E-state index is 10.6. The zero-order valence-electron chi connectivity index (χ0n) is 19.6. The van der Waals surface area contributed by atoms with E-state index in [2.05, 4.69) is 35.0 Å². The first-order valence-electron chi connectivity index (χ1n) is 10.7. The molecule has 2 aliphatic rings. The van der Waals surface area contributed by atoms with Crippen LogP contribution in [0.4, 0.5) is 19.1 Å². The van der Waals surface area contributed by atoms with E-state index in [1.165, 1.54) is 16.8 Å². The molecular weight excluding hydrogens is 453 g/mol. The van der Waals surface area contributed by atoms with Gasteiger partial charge in [-0.1, -0.05) is 12.1 Å². The molecule has 1 spiro atoms. The number of carbonyl (C=O) groups is 1. The van der Waals surface area contributed by atoms with Crippen molar-refractivity contribution in [3.63, 3.8) is 0 Å². The fraction of sp³-hybridized carbons (Fsp3) is 0.522. The molecule has 1 aromatic carbocycles. The molecule has 0 bridgehead atoms. The Morgan fingerprint density at radius 2 is 2.03 bits per heavy atom. The van der Waals surface area contributed by atoms with Crippen molar-refractivity contribution in [2.75, 3.05) is 45.8 Å². The largest absolute Gasteiger partial charge is 0.497 e. The molecule has 0 amide bonds. The smallest absolute Gasteiger partial charge is 0.490 e. The van der Waals surface area contributed by atoms with E-state index >= 15 is 0 Å². The van der Waals surface area contributed by atoms with Gasteiger partial charge < -0.3 is 19.5 Å². The lowest BCUT2D eigenvalue weighted by Crippen LogP contribution is -2.41. The number of aryl methyl sites for hydroxylation is 1. The SMILES string of the molecule is COc1cccc(CN2CCC3(COCc4c(C)nc(N(C)C)nc43)C2)c1.O=C(O)C(F)(F)F. The number of anilines is 1. The standard InChI is InChI=1S/C21H28N4O2.C2HF3O2/c1-15-18-12-27-14-21(19(18)23-20(22-15)24(2)3)8-9-25(13-21)11-16-6-5-7-17(10-16)26-4;3-2(4,5)1(6)7/h5-7,10H,8-9,11-14H2,1-4H3;(H,6,7). The van der Waals surface area contributed by atoms with Gasteiger partial charge in [0.1, 0.15) is 5.75 Å². The number of rotatable bonds is 4. The molecule has 1 fully saturated rings. The van der Waals surface area contributed by atoms with Gasteiger partial charge in [-0.2, -0.15) is 13.2 Å². The van der Waals surface area contributed by atoms with E-state index in [0.717, 1.165) is 50.1 Å². The highest BCUT2D eigenvalue weighted by atomic mass is 19.4. The first kappa shape index (κ1) is 25.7. The number of carboxylic acids is 1. The van der Waals surface area contributed by atoms with Crippen LogP contribution in [0.3, 0.4) is 0 Å². The Hall–Kier alpha value is -2.92. The summed E-state index contributed by atoms with van der Waals surface area (Å²) in [4.78, 5) is 23.0. The zero-order valence-corrected chi connectivity index (χ0v) is 19.6. The number of benzene rings is 1. The highest BCUT2D eigenvalue weighted by Gasteiger charge is 2.45. The van der Waals surface area contributed by atoms with Crippen molar-refractivity contribution in [3.8, 4) is 5.75 Å². The normalized spacial score (nSPS) is 19.9. The second-order valence-electron chi connectivity index (χ2n) is 8.72. The van der Waals surface area contributed by atoms with Crippen LogP contribution in [0.15, 0.2) is 24.3 Å². The number of ether oxygens (including phenoxy) is 2. The van der Waals surface area contributed by atoms with E-state index in [4.69, 9.17) is 24.4 Å². The van der Waals surface area contributed by atoms with Gasteiger partial charge in [-0.3, -0.25) is 4.90 Å². The van der Waals surface area contributed by atoms with E-state index in [1.807, 2.05) is 25.1 Å². The first-order chi connectivity index (χ1) is 15.9. The number of halogens is 3. The monoisotopic (exact) mass is 482 g/mol. The lowest BCUT2D eigenvalue weighted by Gasteiger charge is -2.35. The van der Waals surface area contributed by atoms with Gasteiger partial charge >= 0.3 is 12.1 Å². The second-order valence-corrected chi connectivity index (χ2v) is 8.72. The van der Waals surface area contributed by atoms with Crippen LogP contribution in [-0.4, -0.2) is 73.0 Å². The van der Waals surface area contributed by atoms with Crippen molar-refractivity contribution in [3.05, 3.63) is 46.8 Å². The number of fused-ring (bicyclic) bond motifs is 2. The molecular formula is C23H29F3N4O4. The summed E-state index contributed by atoms with van der Waals surface area (Å²) in [6, 6.07) is 8.32. The number of aliphatic carboxylic acids is 1. The van der Waals surface area contributed by atoms with E-state index in [9.17, 15) is 13.2 Å². The highest BCUT2D eigenvalue weighted by molar-refractivity contribution is 5.73. The van der Waals surface area contributed by atoms with Gasteiger partial charge in [0.2, 0.25) is 5.95 Å². The summed E-state index contributed by atoms with van der Waals surface area (Å²) in [5.41, 5.74) is 4.64. The van der Waals surface area contributed by atoms with Crippen LogP contribution in [0.2, 0.25) is 0 Å². The lowest BCUT2D eigenvalue weighted by atomic mass is 9.80. The highest BCUT2D eigenvalue weighted by Crippen LogP contribution is 2.40. The summed E-state index contributed by atoms with van der Waals surface area (Å²) >= 11 is 0. The zero-order chi connectivity index (χ0) is 25.1. The minimum Gasteiger partial charge on any atom is -0.497 e. The quantitative estimate of drug-likeness (QED) is 0.711. The Morgan fingerprint density at radius 3 is 2.65 bits per heavy atom. The van der Waals surface area contributed by atoms with E-state index in [0.29, 0.717) is 6.61 Å². The van der Waals surface area contributed by atoms with Gasteiger partial charge in [0.25, 0.3) is 0 Å². The lowest BCUT2D eigenvalue weighted by molar-refractivity contribution is -0.192. The van der Waals surface area contributed by atoms with Crippen molar-refractivity contribution < 1.29 is 32.5 Å². The molecule has 1 unspecified atom stereocenters. The molecule has 0 radical (unpaired) electrons. The Balaban J connectivity index is 0.000000406. The molecule has 1 atom stereocenters. The molecule has 0 saturated carbocycles. The van der Waals surface area contributed by atoms with E-state index in [1.54, 1.807) is 7.11 Å². The first-order valence-corrected chi connectivity index (χ1v) is 10.7. The number of hydrogen-bond acceptors (Lipinski definition) is 7. The number of nitrogens with zero attached hydrogens (tertiary/aromatic N) is 4. The van der Waals surface area contributed by atoms with Crippen LogP contribution in [0.25, 0.3) is 0 Å². The predicted molar refractivity (Wildman–Crippen MR) is 119 cm³/mol. The molecule has 0 aliphatic carbocycles. The summed E-state index contributed by atoms with van der Waals surface area (Å²) in [5, 5.41) is 7.12. The van der Waals surface area contributed by atoms with Crippen molar-refractivity contribution in [1.82, 2.24) is 14.9 Å². The van der Waals surface area contributed by atoms with E-state index < -0.39 is 12.1 Å². The Morgan fingerprint density at radius 1 is 1.32 bits per heavy atom. The van der Waals surface area contributed by atoms with Gasteiger partial charge in [-0.15, -0.1) is 0 Å². The maximum Gasteiger partial charge on any atom is 0.490 e. The van der Waals surface area contributed by atoms with Crippen LogP contribution in [0, 0.1) is 6.92 Å². The molecule has 4 rings (SSSR count). The third kappa shape index (κ3) is 5.76. The average molecular weight is 483 g/mol. The summed E-state index contributed by atoms with van der Waals surface area (Å²) in [7, 11) is 5.71. The molecule has 11 heteroatoms. The Bertz CT molecular complexity index is 1030. The fourth-order valence-corrected chi connectivity index (χ4v) is 4.24. The molecule has 8 nitrogen and oxygen atoms in total. The summed E-state index contributed by atoms with van der Waals surface area (Å²) in [6.07, 6.45) is -4.02. The van der Waals surface area contributed by atoms with Crippen LogP contribution in [-0.2, 0) is 28.1 Å². The van der Waals surface area contributed by atoms with Crippen LogP contribution < -0.4 is 9.64 Å². The summed E-state index contributed by atoms with van der Waals surface area (Å²) in [6.45, 7) is 6.34. The fourth-order valence-electron chi connectivity index (χ4n) is 4.24. The van der Waals surface area contributed by atoms with Gasteiger partial charge in [0.05, 0.1) is 31.4 Å². The number of alkyl halides is 3. The molecule has 1 aromatic heterocycles. The molecule has 1 saturated heterocycles. The summed E-state index contributed by atoms with van der Waals surface area (Å²) in [5.74, 6) is -1.06.